The lowest BCUT2D eigenvalue weighted by atomic mass is 10.0. The molecule has 1 amide bonds. The Labute approximate surface area is 147 Å². The molecule has 1 unspecified atom stereocenters. The van der Waals surface area contributed by atoms with Crippen LogP contribution in [0.3, 0.4) is 0 Å². The maximum absolute atomic E-state index is 11.3. The molecule has 1 heterocycles. The molecule has 0 bridgehead atoms. The van der Waals surface area contributed by atoms with Gasteiger partial charge in [-0.05, 0) is 37.5 Å². The van der Waals surface area contributed by atoms with Crippen LogP contribution >= 0.6 is 0 Å². The van der Waals surface area contributed by atoms with Crippen molar-refractivity contribution < 1.29 is 9.53 Å². The fourth-order valence-electron chi connectivity index (χ4n) is 2.62. The molecule has 1 aliphatic heterocycles. The van der Waals surface area contributed by atoms with Crippen LogP contribution in [-0.4, -0.2) is 49.2 Å². The van der Waals surface area contributed by atoms with Crippen LogP contribution < -0.4 is 5.84 Å². The minimum atomic E-state index is -0.313. The molecule has 1 saturated carbocycles. The average Bonchev–Trinajstić information content (AvgIpc) is 3.36. The largest absolute Gasteiger partial charge is 0.442 e. The summed E-state index contributed by atoms with van der Waals surface area (Å²) in [5.41, 5.74) is 3.56. The number of nitrogens with two attached hydrogens (primary N) is 1. The molecule has 3 rings (SSSR count). The summed E-state index contributed by atoms with van der Waals surface area (Å²) in [7, 11) is 1.70. The zero-order chi connectivity index (χ0) is 17.8. The Balaban J connectivity index is 1.65. The van der Waals surface area contributed by atoms with E-state index in [1.165, 1.54) is 17.7 Å². The van der Waals surface area contributed by atoms with E-state index in [2.05, 4.69) is 21.9 Å². The van der Waals surface area contributed by atoms with Crippen molar-refractivity contribution in [3.05, 3.63) is 34.9 Å². The summed E-state index contributed by atoms with van der Waals surface area (Å²) < 4.78 is 5.17. The smallest absolute Gasteiger partial charge is 0.410 e. The van der Waals surface area contributed by atoms with E-state index in [4.69, 9.17) is 10.6 Å². The lowest BCUT2D eigenvalue weighted by Gasteiger charge is -2.06. The number of hydrogen-bond donors (Lipinski definition) is 1. The zero-order valence-electron chi connectivity index (χ0n) is 14.5. The third-order valence-corrected chi connectivity index (χ3v) is 4.22. The number of likely N-dealkylation sites (N-methyl/N-ethyl adjacent to an activating group) is 1. The number of carbonyl (C=O) groups is 1. The second kappa shape index (κ2) is 7.39. The van der Waals surface area contributed by atoms with Crippen LogP contribution in [0.4, 0.5) is 4.79 Å². The van der Waals surface area contributed by atoms with E-state index in [-0.39, 0.29) is 12.2 Å². The number of nitrogens with zero attached hydrogens (tertiary/aromatic N) is 3. The number of ether oxygens (including phenoxy) is 1. The molecule has 2 N–H and O–H groups in total. The standard InChI is InChI=1S/C19H22N4O2/c1-13-9-15(6-5-14-3-4-14)7-8-17(13)18(22-20)11-21-10-16-12-23(2)19(24)25-16/h7-9,11,14,16H,3-4,10,12,20H2,1-2H3/b21-11?,22-18+. The van der Waals surface area contributed by atoms with Gasteiger partial charge in [0, 0.05) is 30.3 Å². The maximum Gasteiger partial charge on any atom is 0.410 e. The van der Waals surface area contributed by atoms with E-state index < -0.39 is 0 Å². The van der Waals surface area contributed by atoms with Gasteiger partial charge in [0.2, 0.25) is 0 Å². The van der Waals surface area contributed by atoms with Crippen LogP contribution in [0.15, 0.2) is 28.3 Å². The first-order valence-corrected chi connectivity index (χ1v) is 8.39. The van der Waals surface area contributed by atoms with Crippen molar-refractivity contribution in [2.75, 3.05) is 20.1 Å². The molecule has 6 heteroatoms. The number of aryl methyl sites for hydroxylation is 1. The summed E-state index contributed by atoms with van der Waals surface area (Å²) in [6.45, 7) is 2.93. The van der Waals surface area contributed by atoms with Gasteiger partial charge in [-0.1, -0.05) is 17.9 Å². The van der Waals surface area contributed by atoms with Gasteiger partial charge >= 0.3 is 6.09 Å². The van der Waals surface area contributed by atoms with Gasteiger partial charge in [-0.3, -0.25) is 4.99 Å². The molecule has 25 heavy (non-hydrogen) atoms. The number of amides is 1. The van der Waals surface area contributed by atoms with Gasteiger partial charge in [-0.25, -0.2) is 4.79 Å². The third-order valence-electron chi connectivity index (χ3n) is 4.22. The van der Waals surface area contributed by atoms with E-state index in [1.807, 2.05) is 25.1 Å². The summed E-state index contributed by atoms with van der Waals surface area (Å²) in [6, 6.07) is 5.98. The first kappa shape index (κ1) is 17.0. The molecule has 1 aromatic carbocycles. The van der Waals surface area contributed by atoms with Gasteiger partial charge in [0.1, 0.15) is 11.8 Å². The van der Waals surface area contributed by atoms with E-state index in [1.54, 1.807) is 13.3 Å². The van der Waals surface area contributed by atoms with E-state index >= 15 is 0 Å². The summed E-state index contributed by atoms with van der Waals surface area (Å²) >= 11 is 0. The van der Waals surface area contributed by atoms with Crippen molar-refractivity contribution in [2.45, 2.75) is 25.9 Å². The number of aliphatic imine (C=N–C) groups is 1. The molecule has 1 saturated heterocycles. The number of benzene rings is 1. The Kier molecular flexibility index (Phi) is 5.03. The van der Waals surface area contributed by atoms with Crippen LogP contribution in [0.2, 0.25) is 0 Å². The minimum Gasteiger partial charge on any atom is -0.442 e. The molecule has 1 aromatic rings. The monoisotopic (exact) mass is 338 g/mol. The molecule has 1 atom stereocenters. The van der Waals surface area contributed by atoms with Crippen LogP contribution in [0, 0.1) is 24.7 Å². The molecule has 0 spiro atoms. The Morgan fingerprint density at radius 1 is 1.48 bits per heavy atom. The van der Waals surface area contributed by atoms with Gasteiger partial charge in [0.15, 0.2) is 0 Å². The molecule has 1 aliphatic carbocycles. The van der Waals surface area contributed by atoms with Crippen LogP contribution in [0.5, 0.6) is 0 Å². The van der Waals surface area contributed by atoms with Crippen LogP contribution in [0.25, 0.3) is 0 Å². The third kappa shape index (κ3) is 4.38. The van der Waals surface area contributed by atoms with E-state index in [0.717, 1.165) is 16.7 Å². The van der Waals surface area contributed by atoms with Gasteiger partial charge in [0.05, 0.1) is 13.1 Å². The highest BCUT2D eigenvalue weighted by atomic mass is 16.6. The predicted octanol–water partition coefficient (Wildman–Crippen LogP) is 1.94. The molecule has 0 aromatic heterocycles. The van der Waals surface area contributed by atoms with E-state index in [0.29, 0.717) is 24.7 Å². The lowest BCUT2D eigenvalue weighted by Crippen LogP contribution is -2.20. The first-order chi connectivity index (χ1) is 12.1. The van der Waals surface area contributed by atoms with E-state index in [9.17, 15) is 4.79 Å². The highest BCUT2D eigenvalue weighted by molar-refractivity contribution is 6.38. The van der Waals surface area contributed by atoms with Crippen molar-refractivity contribution in [2.24, 2.45) is 21.9 Å². The SMILES string of the molecule is Cc1cc(C#CC2CC2)ccc1/C(C=NCC1CN(C)C(=O)O1)=N/N. The van der Waals surface area contributed by atoms with Crippen molar-refractivity contribution in [1.82, 2.24) is 4.90 Å². The maximum atomic E-state index is 11.3. The molecule has 0 radical (unpaired) electrons. The molecule has 2 aliphatic rings. The summed E-state index contributed by atoms with van der Waals surface area (Å²) in [5.74, 6) is 12.6. The normalized spacial score (nSPS) is 20.6. The number of rotatable bonds is 4. The number of carbonyl (C=O) groups excluding carboxylic acids is 1. The number of hydrogen-bond acceptors (Lipinski definition) is 5. The van der Waals surface area contributed by atoms with Gasteiger partial charge in [0.25, 0.3) is 0 Å². The minimum absolute atomic E-state index is 0.228. The number of cyclic esters (lactones) is 1. The highest BCUT2D eigenvalue weighted by Crippen LogP contribution is 2.27. The molecular weight excluding hydrogens is 316 g/mol. The second-order valence-electron chi connectivity index (χ2n) is 6.47. The fourth-order valence-corrected chi connectivity index (χ4v) is 2.62. The quantitative estimate of drug-likeness (QED) is 0.394. The molecule has 2 fully saturated rings. The Morgan fingerprint density at radius 2 is 2.28 bits per heavy atom. The summed E-state index contributed by atoms with van der Waals surface area (Å²) in [5, 5.41) is 3.84. The van der Waals surface area contributed by atoms with Crippen LogP contribution in [-0.2, 0) is 4.74 Å². The highest BCUT2D eigenvalue weighted by Gasteiger charge is 2.27. The molecular formula is C19H22N4O2. The first-order valence-electron chi connectivity index (χ1n) is 8.39. The topological polar surface area (TPSA) is 80.3 Å². The van der Waals surface area contributed by atoms with Gasteiger partial charge < -0.3 is 15.5 Å². The zero-order valence-corrected chi connectivity index (χ0v) is 14.5. The van der Waals surface area contributed by atoms with Crippen molar-refractivity contribution in [1.29, 1.82) is 0 Å². The number of hydrazone groups is 1. The molecule has 6 nitrogen and oxygen atoms in total. The Morgan fingerprint density at radius 3 is 2.88 bits per heavy atom. The van der Waals surface area contributed by atoms with Gasteiger partial charge in [-0.15, -0.1) is 0 Å². The lowest BCUT2D eigenvalue weighted by molar-refractivity contribution is 0.137. The van der Waals surface area contributed by atoms with Gasteiger partial charge in [-0.2, -0.15) is 5.10 Å². The second-order valence-corrected chi connectivity index (χ2v) is 6.47. The van der Waals surface area contributed by atoms with Crippen molar-refractivity contribution >= 4 is 18.0 Å². The summed E-state index contributed by atoms with van der Waals surface area (Å²) in [4.78, 5) is 17.2. The average molecular weight is 338 g/mol. The summed E-state index contributed by atoms with van der Waals surface area (Å²) in [6.07, 6.45) is 3.53. The Hall–Kier alpha value is -2.81. The Bertz CT molecular complexity index is 784. The van der Waals surface area contributed by atoms with Crippen LogP contribution in [0.1, 0.15) is 29.5 Å². The fraction of sp³-hybridized carbons (Fsp3) is 0.421. The predicted molar refractivity (Wildman–Crippen MR) is 97.8 cm³/mol. The van der Waals surface area contributed by atoms with Crippen molar-refractivity contribution in [3.63, 3.8) is 0 Å². The van der Waals surface area contributed by atoms with Crippen molar-refractivity contribution in [3.8, 4) is 11.8 Å². The molecule has 130 valence electrons.